The Morgan fingerprint density at radius 1 is 1.00 bits per heavy atom. The van der Waals surface area contributed by atoms with E-state index in [0.29, 0.717) is 11.5 Å². The molecule has 2 aromatic rings. The van der Waals surface area contributed by atoms with Gasteiger partial charge in [0.15, 0.2) is 17.3 Å². The quantitative estimate of drug-likeness (QED) is 0.817. The van der Waals surface area contributed by atoms with Crippen LogP contribution in [0.25, 0.3) is 11.3 Å². The van der Waals surface area contributed by atoms with Gasteiger partial charge in [-0.2, -0.15) is 0 Å². The van der Waals surface area contributed by atoms with Crippen LogP contribution in [0.2, 0.25) is 0 Å². The molecule has 0 fully saturated rings. The Morgan fingerprint density at radius 2 is 1.65 bits per heavy atom. The van der Waals surface area contributed by atoms with E-state index in [1.54, 1.807) is 14.2 Å². The molecule has 17 heavy (non-hydrogen) atoms. The molecule has 0 aliphatic heterocycles. The van der Waals surface area contributed by atoms with Gasteiger partial charge in [-0.25, -0.2) is 0 Å². The molecule has 4 heteroatoms. The highest BCUT2D eigenvalue weighted by Crippen LogP contribution is 2.35. The second kappa shape index (κ2) is 4.49. The summed E-state index contributed by atoms with van der Waals surface area (Å²) in [4.78, 5) is 0. The van der Waals surface area contributed by atoms with Gasteiger partial charge in [0.25, 0.3) is 0 Å². The molecule has 0 bridgehead atoms. The summed E-state index contributed by atoms with van der Waals surface area (Å²) in [5.74, 6) is 2.13. The van der Waals surface area contributed by atoms with Crippen molar-refractivity contribution in [2.75, 3.05) is 14.2 Å². The number of aromatic nitrogens is 1. The van der Waals surface area contributed by atoms with Gasteiger partial charge >= 0.3 is 0 Å². The molecule has 1 heterocycles. The zero-order valence-corrected chi connectivity index (χ0v) is 10.4. The molecule has 0 atom stereocenters. The van der Waals surface area contributed by atoms with Crippen LogP contribution in [-0.4, -0.2) is 19.4 Å². The second-order valence-electron chi connectivity index (χ2n) is 3.85. The van der Waals surface area contributed by atoms with Crippen LogP contribution in [0.1, 0.15) is 11.3 Å². The standard InChI is InChI=1S/C13H15NO3/c1-8-5-12(15-3)13(16-4)7-10(8)11-6-9(2)14-17-11/h5-7H,1-4H3. The SMILES string of the molecule is COc1cc(C)c(-c2cc(C)no2)cc1OC. The fraction of sp³-hybridized carbons (Fsp3) is 0.308. The van der Waals surface area contributed by atoms with Crippen molar-refractivity contribution in [3.63, 3.8) is 0 Å². The maximum atomic E-state index is 5.27. The van der Waals surface area contributed by atoms with Crippen LogP contribution in [-0.2, 0) is 0 Å². The molecule has 4 nitrogen and oxygen atoms in total. The summed E-state index contributed by atoms with van der Waals surface area (Å²) in [6.07, 6.45) is 0. The predicted octanol–water partition coefficient (Wildman–Crippen LogP) is 2.98. The third-order valence-corrected chi connectivity index (χ3v) is 2.62. The molecule has 0 unspecified atom stereocenters. The van der Waals surface area contributed by atoms with Gasteiger partial charge in [-0.3, -0.25) is 0 Å². The van der Waals surface area contributed by atoms with Crippen molar-refractivity contribution in [3.05, 3.63) is 29.5 Å². The van der Waals surface area contributed by atoms with Crippen LogP contribution >= 0.6 is 0 Å². The van der Waals surface area contributed by atoms with Crippen LogP contribution in [0, 0.1) is 13.8 Å². The van der Waals surface area contributed by atoms with E-state index in [0.717, 1.165) is 22.6 Å². The van der Waals surface area contributed by atoms with Crippen molar-refractivity contribution >= 4 is 0 Å². The van der Waals surface area contributed by atoms with Crippen LogP contribution in [0.3, 0.4) is 0 Å². The van der Waals surface area contributed by atoms with Crippen LogP contribution in [0.4, 0.5) is 0 Å². The summed E-state index contributed by atoms with van der Waals surface area (Å²) in [5, 5.41) is 3.89. The Bertz CT molecular complexity index is 531. The largest absolute Gasteiger partial charge is 0.493 e. The highest BCUT2D eigenvalue weighted by atomic mass is 16.5. The van der Waals surface area contributed by atoms with E-state index in [1.807, 2.05) is 32.0 Å². The number of hydrogen-bond donors (Lipinski definition) is 0. The van der Waals surface area contributed by atoms with Crippen LogP contribution in [0.15, 0.2) is 22.7 Å². The van der Waals surface area contributed by atoms with Crippen molar-refractivity contribution in [1.82, 2.24) is 5.16 Å². The summed E-state index contributed by atoms with van der Waals surface area (Å²) >= 11 is 0. The van der Waals surface area contributed by atoms with Crippen molar-refractivity contribution in [3.8, 4) is 22.8 Å². The smallest absolute Gasteiger partial charge is 0.167 e. The predicted molar refractivity (Wildman–Crippen MR) is 64.5 cm³/mol. The molecular formula is C13H15NO3. The first kappa shape index (κ1) is 11.5. The molecule has 0 amide bonds. The van der Waals surface area contributed by atoms with Crippen molar-refractivity contribution < 1.29 is 14.0 Å². The van der Waals surface area contributed by atoms with Crippen molar-refractivity contribution in [2.24, 2.45) is 0 Å². The van der Waals surface area contributed by atoms with Gasteiger partial charge in [0.2, 0.25) is 0 Å². The summed E-state index contributed by atoms with van der Waals surface area (Å²) < 4.78 is 15.8. The minimum Gasteiger partial charge on any atom is -0.493 e. The van der Waals surface area contributed by atoms with Crippen LogP contribution in [0.5, 0.6) is 11.5 Å². The van der Waals surface area contributed by atoms with Crippen LogP contribution < -0.4 is 9.47 Å². The molecule has 0 N–H and O–H groups in total. The fourth-order valence-corrected chi connectivity index (χ4v) is 1.74. The van der Waals surface area contributed by atoms with E-state index < -0.39 is 0 Å². The van der Waals surface area contributed by atoms with E-state index in [9.17, 15) is 0 Å². The molecule has 0 saturated carbocycles. The van der Waals surface area contributed by atoms with Gasteiger partial charge in [0.05, 0.1) is 19.9 Å². The molecule has 1 aromatic heterocycles. The minimum atomic E-state index is 0.683. The zero-order chi connectivity index (χ0) is 12.4. The highest BCUT2D eigenvalue weighted by Gasteiger charge is 2.13. The average Bonchev–Trinajstić information content (AvgIpc) is 2.75. The molecular weight excluding hydrogens is 218 g/mol. The lowest BCUT2D eigenvalue weighted by Crippen LogP contribution is -1.93. The Kier molecular flexibility index (Phi) is 3.04. The van der Waals surface area contributed by atoms with Gasteiger partial charge < -0.3 is 14.0 Å². The van der Waals surface area contributed by atoms with Gasteiger partial charge in [-0.15, -0.1) is 0 Å². The number of aryl methyl sites for hydroxylation is 2. The van der Waals surface area contributed by atoms with Crippen molar-refractivity contribution in [2.45, 2.75) is 13.8 Å². The van der Waals surface area contributed by atoms with E-state index in [4.69, 9.17) is 14.0 Å². The summed E-state index contributed by atoms with van der Waals surface area (Å²) in [5.41, 5.74) is 2.87. The van der Waals surface area contributed by atoms with E-state index >= 15 is 0 Å². The molecule has 0 radical (unpaired) electrons. The maximum Gasteiger partial charge on any atom is 0.167 e. The molecule has 0 spiro atoms. The number of benzene rings is 1. The fourth-order valence-electron chi connectivity index (χ4n) is 1.74. The average molecular weight is 233 g/mol. The molecule has 1 aromatic carbocycles. The number of rotatable bonds is 3. The first-order valence-electron chi connectivity index (χ1n) is 5.32. The van der Waals surface area contributed by atoms with E-state index in [-0.39, 0.29) is 0 Å². The molecule has 0 saturated heterocycles. The Balaban J connectivity index is 2.55. The highest BCUT2D eigenvalue weighted by molar-refractivity contribution is 5.67. The third-order valence-electron chi connectivity index (χ3n) is 2.62. The van der Waals surface area contributed by atoms with Gasteiger partial charge in [0, 0.05) is 11.6 Å². The molecule has 0 aliphatic rings. The maximum absolute atomic E-state index is 5.27. The lowest BCUT2D eigenvalue weighted by Gasteiger charge is -2.10. The Morgan fingerprint density at radius 3 is 2.18 bits per heavy atom. The summed E-state index contributed by atoms with van der Waals surface area (Å²) in [6.45, 7) is 3.89. The first-order chi connectivity index (χ1) is 8.15. The lowest BCUT2D eigenvalue weighted by atomic mass is 10.1. The lowest BCUT2D eigenvalue weighted by molar-refractivity contribution is 0.354. The molecule has 90 valence electrons. The first-order valence-corrected chi connectivity index (χ1v) is 5.32. The number of methoxy groups -OCH3 is 2. The second-order valence-corrected chi connectivity index (χ2v) is 3.85. The number of ether oxygens (including phenoxy) is 2. The van der Waals surface area contributed by atoms with E-state index in [1.165, 1.54) is 0 Å². The topological polar surface area (TPSA) is 44.5 Å². The third kappa shape index (κ3) is 2.11. The molecule has 2 rings (SSSR count). The van der Waals surface area contributed by atoms with Crippen molar-refractivity contribution in [1.29, 1.82) is 0 Å². The Hall–Kier alpha value is -1.97. The van der Waals surface area contributed by atoms with Gasteiger partial charge in [0.1, 0.15) is 0 Å². The normalized spacial score (nSPS) is 10.4. The van der Waals surface area contributed by atoms with Gasteiger partial charge in [-0.05, 0) is 31.5 Å². The Labute approximate surface area is 100 Å². The number of nitrogens with zero attached hydrogens (tertiary/aromatic N) is 1. The summed E-state index contributed by atoms with van der Waals surface area (Å²) in [7, 11) is 3.23. The zero-order valence-electron chi connectivity index (χ0n) is 10.4. The monoisotopic (exact) mass is 233 g/mol. The van der Waals surface area contributed by atoms with E-state index in [2.05, 4.69) is 5.16 Å². The minimum absolute atomic E-state index is 0.683. The summed E-state index contributed by atoms with van der Waals surface area (Å²) in [6, 6.07) is 5.72. The number of hydrogen-bond acceptors (Lipinski definition) is 4. The molecule has 0 aliphatic carbocycles. The van der Waals surface area contributed by atoms with Gasteiger partial charge in [-0.1, -0.05) is 5.16 Å².